The maximum absolute atomic E-state index is 2.49. The van der Waals surface area contributed by atoms with Crippen molar-refractivity contribution in [1.29, 1.82) is 0 Å². The number of hydrogen-bond acceptors (Lipinski definition) is 1. The van der Waals surface area contributed by atoms with E-state index in [2.05, 4.69) is 252 Å². The number of rotatable bonds is 6. The monoisotopic (exact) mass is 812 g/mol. The Morgan fingerprint density at radius 3 is 1.52 bits per heavy atom. The van der Waals surface area contributed by atoms with Crippen molar-refractivity contribution in [3.63, 3.8) is 0 Å². The summed E-state index contributed by atoms with van der Waals surface area (Å²) in [6.07, 6.45) is 0. The molecule has 1 heterocycles. The molecule has 298 valence electrons. The highest BCUT2D eigenvalue weighted by molar-refractivity contribution is 6.23. The first kappa shape index (κ1) is 36.2. The first-order valence-electron chi connectivity index (χ1n) is 22.1. The van der Waals surface area contributed by atoms with Gasteiger partial charge in [0.1, 0.15) is 0 Å². The molecule has 64 heavy (non-hydrogen) atoms. The van der Waals surface area contributed by atoms with E-state index in [4.69, 9.17) is 0 Å². The lowest BCUT2D eigenvalue weighted by molar-refractivity contribution is 1.20. The average molecular weight is 813 g/mol. The lowest BCUT2D eigenvalue weighted by atomic mass is 9.85. The van der Waals surface area contributed by atoms with Gasteiger partial charge in [0, 0.05) is 32.9 Å². The molecule has 0 N–H and O–H groups in total. The molecule has 2 nitrogen and oxygen atoms in total. The molecule has 0 bridgehead atoms. The Morgan fingerprint density at radius 1 is 0.266 bits per heavy atom. The molecule has 0 atom stereocenters. The van der Waals surface area contributed by atoms with Crippen molar-refractivity contribution < 1.29 is 0 Å². The standard InChI is InChI=1S/C62H40N2/c1-3-19-43(20-4-1)61-54-28-12-11-26-50(54)51-37-34-45(40-56(51)62(61)44-21-5-2-6-22-44)63(58-32-16-29-49-47-24-9-7-18-42(47)33-36-53(49)58)46-35-38-60-55(39-46)52-27-13-14-30-59(52)64(60)57-31-15-23-41-17-8-10-25-48(41)57/h1-40H. The van der Waals surface area contributed by atoms with Crippen LogP contribution in [0.15, 0.2) is 243 Å². The van der Waals surface area contributed by atoms with Crippen LogP contribution in [0, 0.1) is 0 Å². The third-order valence-corrected chi connectivity index (χ3v) is 13.3. The minimum Gasteiger partial charge on any atom is -0.310 e. The van der Waals surface area contributed by atoms with Crippen molar-refractivity contribution in [2.24, 2.45) is 0 Å². The van der Waals surface area contributed by atoms with Crippen LogP contribution in [0.5, 0.6) is 0 Å². The fraction of sp³-hybridized carbons (Fsp3) is 0. The summed E-state index contributed by atoms with van der Waals surface area (Å²) >= 11 is 0. The van der Waals surface area contributed by atoms with Crippen molar-refractivity contribution in [2.75, 3.05) is 4.90 Å². The van der Waals surface area contributed by atoms with E-state index in [0.29, 0.717) is 0 Å². The van der Waals surface area contributed by atoms with Crippen LogP contribution in [-0.4, -0.2) is 4.57 Å². The highest BCUT2D eigenvalue weighted by Crippen LogP contribution is 2.48. The molecule has 0 amide bonds. The first-order valence-corrected chi connectivity index (χ1v) is 22.1. The molecule has 0 saturated heterocycles. The number of hydrogen-bond donors (Lipinski definition) is 0. The van der Waals surface area contributed by atoms with Gasteiger partial charge in [-0.25, -0.2) is 0 Å². The molecule has 12 aromatic carbocycles. The third kappa shape index (κ3) is 5.59. The van der Waals surface area contributed by atoms with E-state index in [0.717, 1.165) is 17.1 Å². The molecule has 2 heteroatoms. The summed E-state index contributed by atoms with van der Waals surface area (Å²) in [5, 5.41) is 14.7. The molecule has 0 aliphatic carbocycles. The van der Waals surface area contributed by atoms with Gasteiger partial charge in [0.15, 0.2) is 0 Å². The van der Waals surface area contributed by atoms with Crippen LogP contribution in [0.2, 0.25) is 0 Å². The summed E-state index contributed by atoms with van der Waals surface area (Å²) in [5.41, 5.74) is 11.7. The molecule has 1 aromatic heterocycles. The van der Waals surface area contributed by atoms with Gasteiger partial charge in [0.2, 0.25) is 0 Å². The van der Waals surface area contributed by atoms with E-state index in [9.17, 15) is 0 Å². The van der Waals surface area contributed by atoms with E-state index in [1.54, 1.807) is 0 Å². The topological polar surface area (TPSA) is 8.17 Å². The fourth-order valence-electron chi connectivity index (χ4n) is 10.5. The van der Waals surface area contributed by atoms with Gasteiger partial charge in [0.05, 0.1) is 22.4 Å². The number of para-hydroxylation sites is 1. The Balaban J connectivity index is 1.13. The SMILES string of the molecule is c1ccc(-c2c(-c3ccccc3)c3cc(N(c4ccc5c(c4)c4ccccc4n5-c4cccc5ccccc45)c4cccc5c4ccc4ccccc45)ccc3c3ccccc23)cc1. The summed E-state index contributed by atoms with van der Waals surface area (Å²) in [6, 6.07) is 89.2. The van der Waals surface area contributed by atoms with E-state index in [1.807, 2.05) is 0 Å². The molecule has 13 rings (SSSR count). The van der Waals surface area contributed by atoms with Crippen molar-refractivity contribution in [3.05, 3.63) is 243 Å². The maximum Gasteiger partial charge on any atom is 0.0542 e. The van der Waals surface area contributed by atoms with Crippen LogP contribution in [0.25, 0.3) is 104 Å². The zero-order chi connectivity index (χ0) is 42.1. The van der Waals surface area contributed by atoms with Gasteiger partial charge in [-0.1, -0.05) is 194 Å². The second-order valence-corrected chi connectivity index (χ2v) is 16.8. The smallest absolute Gasteiger partial charge is 0.0542 e. The molecule has 0 fully saturated rings. The van der Waals surface area contributed by atoms with E-state index in [1.165, 1.54) is 104 Å². The van der Waals surface area contributed by atoms with Crippen LogP contribution in [0.3, 0.4) is 0 Å². The average Bonchev–Trinajstić information content (AvgIpc) is 3.69. The molecule has 0 saturated carbocycles. The minimum absolute atomic E-state index is 1.09. The second kappa shape index (κ2) is 14.6. The van der Waals surface area contributed by atoms with Crippen molar-refractivity contribution in [1.82, 2.24) is 4.57 Å². The molecule has 0 radical (unpaired) electrons. The number of nitrogens with zero attached hydrogens (tertiary/aromatic N) is 2. The highest BCUT2D eigenvalue weighted by atomic mass is 15.1. The highest BCUT2D eigenvalue weighted by Gasteiger charge is 2.23. The number of fused-ring (bicyclic) bond motifs is 10. The van der Waals surface area contributed by atoms with E-state index in [-0.39, 0.29) is 0 Å². The first-order chi connectivity index (χ1) is 31.8. The van der Waals surface area contributed by atoms with Gasteiger partial charge in [0.25, 0.3) is 0 Å². The van der Waals surface area contributed by atoms with Crippen LogP contribution < -0.4 is 4.90 Å². The molecule has 13 aromatic rings. The number of anilines is 3. The summed E-state index contributed by atoms with van der Waals surface area (Å²) in [5.74, 6) is 0. The molecule has 0 aliphatic rings. The van der Waals surface area contributed by atoms with E-state index < -0.39 is 0 Å². The summed E-state index contributed by atoms with van der Waals surface area (Å²) in [7, 11) is 0. The lowest BCUT2D eigenvalue weighted by Crippen LogP contribution is -2.11. The van der Waals surface area contributed by atoms with Crippen LogP contribution >= 0.6 is 0 Å². The van der Waals surface area contributed by atoms with Crippen molar-refractivity contribution >= 4 is 92.7 Å². The summed E-state index contributed by atoms with van der Waals surface area (Å²) < 4.78 is 2.45. The van der Waals surface area contributed by atoms with Crippen LogP contribution in [-0.2, 0) is 0 Å². The summed E-state index contributed by atoms with van der Waals surface area (Å²) in [6.45, 7) is 0. The van der Waals surface area contributed by atoms with Gasteiger partial charge >= 0.3 is 0 Å². The van der Waals surface area contributed by atoms with Crippen molar-refractivity contribution in [3.8, 4) is 27.9 Å². The Kier molecular flexibility index (Phi) is 8.25. The van der Waals surface area contributed by atoms with Gasteiger partial charge < -0.3 is 9.47 Å². The lowest BCUT2D eigenvalue weighted by Gasteiger charge is -2.28. The summed E-state index contributed by atoms with van der Waals surface area (Å²) in [4.78, 5) is 2.49. The number of benzene rings is 12. The minimum atomic E-state index is 1.09. The molecule has 0 aliphatic heterocycles. The zero-order valence-electron chi connectivity index (χ0n) is 35.0. The number of aromatic nitrogens is 1. The molecule has 0 spiro atoms. The van der Waals surface area contributed by atoms with Crippen LogP contribution in [0.4, 0.5) is 17.1 Å². The maximum atomic E-state index is 2.49. The quantitative estimate of drug-likeness (QED) is 0.152. The second-order valence-electron chi connectivity index (χ2n) is 16.8. The zero-order valence-corrected chi connectivity index (χ0v) is 35.0. The normalized spacial score (nSPS) is 11.8. The van der Waals surface area contributed by atoms with Gasteiger partial charge in [-0.05, 0) is 114 Å². The van der Waals surface area contributed by atoms with Gasteiger partial charge in [-0.15, -0.1) is 0 Å². The Hall–Kier alpha value is -8.46. The Morgan fingerprint density at radius 2 is 0.750 bits per heavy atom. The largest absolute Gasteiger partial charge is 0.310 e. The Bertz CT molecular complexity index is 3950. The Labute approximate surface area is 371 Å². The van der Waals surface area contributed by atoms with E-state index >= 15 is 0 Å². The fourth-order valence-corrected chi connectivity index (χ4v) is 10.5. The van der Waals surface area contributed by atoms with Gasteiger partial charge in [-0.3, -0.25) is 0 Å². The molecular formula is C62H40N2. The predicted octanol–water partition coefficient (Wildman–Crippen LogP) is 17.4. The van der Waals surface area contributed by atoms with Crippen LogP contribution in [0.1, 0.15) is 0 Å². The van der Waals surface area contributed by atoms with Gasteiger partial charge in [-0.2, -0.15) is 0 Å². The van der Waals surface area contributed by atoms with Crippen molar-refractivity contribution in [2.45, 2.75) is 0 Å². The molecule has 0 unspecified atom stereocenters. The predicted molar refractivity (Wildman–Crippen MR) is 274 cm³/mol. The molecular weight excluding hydrogens is 773 g/mol. The third-order valence-electron chi connectivity index (χ3n) is 13.3.